The Hall–Kier alpha value is -2.20. The van der Waals surface area contributed by atoms with Gasteiger partial charge in [0.15, 0.2) is 18.9 Å². The Labute approximate surface area is 162 Å². The SMILES string of the molecule is Cc1cc(C)cc(OC(=O)c2cc[n+](CC[NH+]3CCCCCCC3)cc2)c1. The topological polar surface area (TPSA) is 34.6 Å². The lowest BCUT2D eigenvalue weighted by Crippen LogP contribution is -3.12. The second kappa shape index (κ2) is 9.65. The summed E-state index contributed by atoms with van der Waals surface area (Å²) in [5.41, 5.74) is 2.77. The number of hydrogen-bond donors (Lipinski definition) is 1. The van der Waals surface area contributed by atoms with E-state index in [2.05, 4.69) is 10.6 Å². The van der Waals surface area contributed by atoms with E-state index in [0.29, 0.717) is 11.3 Å². The highest BCUT2D eigenvalue weighted by atomic mass is 16.5. The van der Waals surface area contributed by atoms with Crippen LogP contribution in [-0.4, -0.2) is 25.6 Å². The number of esters is 1. The molecule has 0 saturated carbocycles. The van der Waals surface area contributed by atoms with Crippen molar-refractivity contribution in [1.29, 1.82) is 0 Å². The molecule has 1 aromatic heterocycles. The van der Waals surface area contributed by atoms with Crippen molar-refractivity contribution in [1.82, 2.24) is 0 Å². The van der Waals surface area contributed by atoms with Crippen molar-refractivity contribution in [3.05, 3.63) is 59.4 Å². The molecule has 0 amide bonds. The lowest BCUT2D eigenvalue weighted by atomic mass is 10.1. The number of quaternary nitrogens is 1. The van der Waals surface area contributed by atoms with E-state index >= 15 is 0 Å². The van der Waals surface area contributed by atoms with Gasteiger partial charge in [-0.15, -0.1) is 0 Å². The number of carbonyl (C=O) groups is 1. The molecule has 0 unspecified atom stereocenters. The van der Waals surface area contributed by atoms with E-state index in [1.807, 2.05) is 50.5 Å². The summed E-state index contributed by atoms with van der Waals surface area (Å²) in [6.45, 7) is 8.73. The number of likely N-dealkylation sites (tertiary alicyclic amines) is 1. The molecule has 2 aromatic rings. The number of carbonyl (C=O) groups excluding carboxylic acids is 1. The number of nitrogens with zero attached hydrogens (tertiary/aromatic N) is 1. The van der Waals surface area contributed by atoms with Crippen molar-refractivity contribution in [2.24, 2.45) is 0 Å². The molecule has 2 heterocycles. The van der Waals surface area contributed by atoms with Crippen molar-refractivity contribution >= 4 is 5.97 Å². The number of rotatable bonds is 5. The summed E-state index contributed by atoms with van der Waals surface area (Å²) >= 11 is 0. The van der Waals surface area contributed by atoms with Crippen LogP contribution >= 0.6 is 0 Å². The molecule has 0 atom stereocenters. The molecule has 4 heteroatoms. The van der Waals surface area contributed by atoms with Crippen LogP contribution in [0.2, 0.25) is 0 Å². The van der Waals surface area contributed by atoms with Gasteiger partial charge in [-0.3, -0.25) is 0 Å². The van der Waals surface area contributed by atoms with Crippen molar-refractivity contribution in [3.8, 4) is 5.75 Å². The van der Waals surface area contributed by atoms with Crippen LogP contribution < -0.4 is 14.2 Å². The van der Waals surface area contributed by atoms with E-state index in [9.17, 15) is 4.79 Å². The van der Waals surface area contributed by atoms with Crippen molar-refractivity contribution in [2.45, 2.75) is 52.5 Å². The highest BCUT2D eigenvalue weighted by Crippen LogP contribution is 2.17. The Morgan fingerprint density at radius 3 is 2.19 bits per heavy atom. The predicted octanol–water partition coefficient (Wildman–Crippen LogP) is 2.66. The molecular formula is C23H32N2O2+2. The Balaban J connectivity index is 1.53. The predicted molar refractivity (Wildman–Crippen MR) is 106 cm³/mol. The summed E-state index contributed by atoms with van der Waals surface area (Å²) < 4.78 is 7.70. The Kier molecular flexibility index (Phi) is 6.99. The maximum absolute atomic E-state index is 12.4. The fraction of sp³-hybridized carbons (Fsp3) is 0.478. The van der Waals surface area contributed by atoms with Gasteiger partial charge in [-0.2, -0.15) is 4.57 Å². The second-order valence-electron chi connectivity index (χ2n) is 7.81. The number of aromatic nitrogens is 1. The standard InChI is InChI=1S/C23H31N2O2/c1-19-16-20(2)18-22(17-19)27-23(26)21-8-12-25(13-9-21)15-14-24-10-6-4-3-5-7-11-24/h8-9,12-13,16-18H,3-7,10-11,14-15H2,1-2H3/q+1/p+1. The molecule has 1 N–H and O–H groups in total. The fourth-order valence-electron chi connectivity index (χ4n) is 3.84. The first-order chi connectivity index (χ1) is 13.1. The smallest absolute Gasteiger partial charge is 0.343 e. The van der Waals surface area contributed by atoms with Crippen LogP contribution in [0.3, 0.4) is 0 Å². The maximum Gasteiger partial charge on any atom is 0.343 e. The van der Waals surface area contributed by atoms with Gasteiger partial charge >= 0.3 is 5.97 Å². The average molecular weight is 369 g/mol. The first kappa shape index (κ1) is 19.6. The van der Waals surface area contributed by atoms with Gasteiger partial charge in [-0.1, -0.05) is 12.5 Å². The third-order valence-electron chi connectivity index (χ3n) is 5.32. The molecular weight excluding hydrogens is 336 g/mol. The number of nitrogens with one attached hydrogen (secondary N) is 1. The second-order valence-corrected chi connectivity index (χ2v) is 7.81. The molecule has 1 aliphatic rings. The highest BCUT2D eigenvalue weighted by Gasteiger charge is 2.15. The largest absolute Gasteiger partial charge is 0.423 e. The van der Waals surface area contributed by atoms with Crippen LogP contribution in [-0.2, 0) is 6.54 Å². The summed E-state index contributed by atoms with van der Waals surface area (Å²) in [4.78, 5) is 14.1. The summed E-state index contributed by atoms with van der Waals surface area (Å²) in [7, 11) is 0. The lowest BCUT2D eigenvalue weighted by molar-refractivity contribution is -0.920. The molecule has 0 radical (unpaired) electrons. The molecule has 0 bridgehead atoms. The van der Waals surface area contributed by atoms with Crippen LogP contribution in [0.1, 0.15) is 53.6 Å². The van der Waals surface area contributed by atoms with Gasteiger partial charge in [-0.05, 0) is 62.8 Å². The van der Waals surface area contributed by atoms with Crippen molar-refractivity contribution < 1.29 is 19.0 Å². The number of aryl methyl sites for hydroxylation is 2. The average Bonchev–Trinajstić information content (AvgIpc) is 2.60. The molecule has 1 fully saturated rings. The molecule has 144 valence electrons. The third kappa shape index (κ3) is 6.17. The molecule has 0 aliphatic carbocycles. The van der Waals surface area contributed by atoms with E-state index < -0.39 is 0 Å². The fourth-order valence-corrected chi connectivity index (χ4v) is 3.84. The zero-order chi connectivity index (χ0) is 19.1. The van der Waals surface area contributed by atoms with E-state index in [1.165, 1.54) is 45.2 Å². The van der Waals surface area contributed by atoms with Gasteiger partial charge in [0.2, 0.25) is 0 Å². The first-order valence-corrected chi connectivity index (χ1v) is 10.2. The van der Waals surface area contributed by atoms with Crippen LogP contribution in [0.4, 0.5) is 0 Å². The third-order valence-corrected chi connectivity index (χ3v) is 5.32. The lowest BCUT2D eigenvalue weighted by Gasteiger charge is -2.20. The zero-order valence-corrected chi connectivity index (χ0v) is 16.7. The number of pyridine rings is 1. The Morgan fingerprint density at radius 1 is 0.963 bits per heavy atom. The van der Waals surface area contributed by atoms with E-state index in [1.54, 1.807) is 4.90 Å². The zero-order valence-electron chi connectivity index (χ0n) is 16.7. The number of ether oxygens (including phenoxy) is 1. The van der Waals surface area contributed by atoms with Gasteiger partial charge in [-0.25, -0.2) is 4.79 Å². The number of hydrogen-bond acceptors (Lipinski definition) is 2. The Bertz CT molecular complexity index is 727. The molecule has 3 rings (SSSR count). The highest BCUT2D eigenvalue weighted by molar-refractivity contribution is 5.90. The van der Waals surface area contributed by atoms with Gasteiger partial charge in [0, 0.05) is 12.1 Å². The summed E-state index contributed by atoms with van der Waals surface area (Å²) in [5, 5.41) is 0. The van der Waals surface area contributed by atoms with Crippen LogP contribution in [0.15, 0.2) is 42.7 Å². The van der Waals surface area contributed by atoms with Crippen LogP contribution in [0.5, 0.6) is 5.75 Å². The summed E-state index contributed by atoms with van der Waals surface area (Å²) in [5.74, 6) is 0.302. The van der Waals surface area contributed by atoms with Crippen molar-refractivity contribution in [3.63, 3.8) is 0 Å². The molecule has 27 heavy (non-hydrogen) atoms. The minimum atomic E-state index is -0.304. The maximum atomic E-state index is 12.4. The number of benzene rings is 1. The normalized spacial score (nSPS) is 15.8. The molecule has 0 spiro atoms. The summed E-state index contributed by atoms with van der Waals surface area (Å²) in [6.07, 6.45) is 10.8. The van der Waals surface area contributed by atoms with E-state index in [4.69, 9.17) is 4.74 Å². The molecule has 1 aromatic carbocycles. The van der Waals surface area contributed by atoms with Crippen molar-refractivity contribution in [2.75, 3.05) is 19.6 Å². The van der Waals surface area contributed by atoms with E-state index in [-0.39, 0.29) is 5.97 Å². The minimum absolute atomic E-state index is 0.304. The monoisotopic (exact) mass is 368 g/mol. The molecule has 1 saturated heterocycles. The molecule has 4 nitrogen and oxygen atoms in total. The van der Waals surface area contributed by atoms with Crippen LogP contribution in [0, 0.1) is 13.8 Å². The molecule has 1 aliphatic heterocycles. The summed E-state index contributed by atoms with van der Waals surface area (Å²) in [6, 6.07) is 9.55. The van der Waals surface area contributed by atoms with Gasteiger partial charge in [0.25, 0.3) is 0 Å². The Morgan fingerprint density at radius 2 is 1.56 bits per heavy atom. The van der Waals surface area contributed by atoms with Gasteiger partial charge in [0.05, 0.1) is 18.7 Å². The minimum Gasteiger partial charge on any atom is -0.423 e. The first-order valence-electron chi connectivity index (χ1n) is 10.2. The van der Waals surface area contributed by atoms with E-state index in [0.717, 1.165) is 24.2 Å². The van der Waals surface area contributed by atoms with Crippen LogP contribution in [0.25, 0.3) is 0 Å². The van der Waals surface area contributed by atoms with Gasteiger partial charge < -0.3 is 9.64 Å². The quantitative estimate of drug-likeness (QED) is 0.500. The van der Waals surface area contributed by atoms with Gasteiger partial charge in [0.1, 0.15) is 12.3 Å².